The van der Waals surface area contributed by atoms with Crippen LogP contribution in [0, 0.1) is 0 Å². The molecule has 6 rings (SSSR count). The highest BCUT2D eigenvalue weighted by Gasteiger charge is 2.33. The molecule has 1 aliphatic carbocycles. The lowest BCUT2D eigenvalue weighted by atomic mass is 9.83. The van der Waals surface area contributed by atoms with Gasteiger partial charge in [-0.05, 0) is 61.6 Å². The maximum atomic E-state index is 13.9. The first-order chi connectivity index (χ1) is 17.5. The minimum Gasteiger partial charge on any atom is -0.490 e. The van der Waals surface area contributed by atoms with E-state index in [0.29, 0.717) is 14.4 Å². The number of rotatable bonds is 4. The largest absolute Gasteiger partial charge is 0.490 e. The number of aryl methyl sites for hydroxylation is 1. The highest BCUT2D eigenvalue weighted by molar-refractivity contribution is 7.07. The van der Waals surface area contributed by atoms with Crippen molar-refractivity contribution in [3.8, 4) is 5.75 Å². The number of benzene rings is 3. The number of hydrogen-bond donors (Lipinski definition) is 0. The molecule has 0 saturated heterocycles. The maximum Gasteiger partial charge on any atom is 0.271 e. The van der Waals surface area contributed by atoms with Crippen molar-refractivity contribution in [2.75, 3.05) is 0 Å². The van der Waals surface area contributed by atoms with E-state index in [1.807, 2.05) is 73.0 Å². The third kappa shape index (κ3) is 3.93. The van der Waals surface area contributed by atoms with Crippen LogP contribution in [0.4, 0.5) is 0 Å². The first-order valence-corrected chi connectivity index (χ1v) is 13.3. The van der Waals surface area contributed by atoms with Crippen LogP contribution in [0.25, 0.3) is 11.8 Å². The number of para-hydroxylation sites is 1. The van der Waals surface area contributed by atoms with Gasteiger partial charge in [0.1, 0.15) is 5.75 Å². The monoisotopic (exact) mass is 512 g/mol. The molecule has 180 valence electrons. The fourth-order valence-electron chi connectivity index (χ4n) is 5.10. The summed E-state index contributed by atoms with van der Waals surface area (Å²) in [4.78, 5) is 19.7. The summed E-state index contributed by atoms with van der Waals surface area (Å²) >= 11 is 8.14. The predicted molar refractivity (Wildman–Crippen MR) is 146 cm³/mol. The van der Waals surface area contributed by atoms with Crippen LogP contribution in [0.15, 0.2) is 88.2 Å². The summed E-state index contributed by atoms with van der Waals surface area (Å²) in [5.41, 5.74) is 6.29. The molecule has 1 aliphatic heterocycles. The molecule has 0 radical (unpaired) electrons. The smallest absolute Gasteiger partial charge is 0.271 e. The van der Waals surface area contributed by atoms with Crippen LogP contribution in [0.1, 0.15) is 48.6 Å². The number of thiazole rings is 1. The summed E-state index contributed by atoms with van der Waals surface area (Å²) in [5, 5.41) is 0.653. The molecule has 0 saturated carbocycles. The molecule has 4 aromatic rings. The fourth-order valence-corrected chi connectivity index (χ4v) is 6.33. The van der Waals surface area contributed by atoms with Gasteiger partial charge in [0.05, 0.1) is 22.4 Å². The van der Waals surface area contributed by atoms with E-state index in [0.717, 1.165) is 46.6 Å². The van der Waals surface area contributed by atoms with Crippen molar-refractivity contribution < 1.29 is 4.74 Å². The second-order valence-electron chi connectivity index (χ2n) is 9.34. The molecular weight excluding hydrogens is 488 g/mol. The average Bonchev–Trinajstić information content (AvgIpc) is 3.18. The van der Waals surface area contributed by atoms with Gasteiger partial charge in [0.15, 0.2) is 4.80 Å². The molecule has 1 unspecified atom stereocenters. The zero-order chi connectivity index (χ0) is 24.8. The number of nitrogens with zero attached hydrogens (tertiary/aromatic N) is 2. The Bertz CT molecular complexity index is 1700. The molecule has 36 heavy (non-hydrogen) atoms. The highest BCUT2D eigenvalue weighted by atomic mass is 35.5. The molecule has 3 aromatic carbocycles. The highest BCUT2D eigenvalue weighted by Crippen LogP contribution is 2.42. The maximum absolute atomic E-state index is 13.9. The number of hydrogen-bond acceptors (Lipinski definition) is 4. The zero-order valence-electron chi connectivity index (χ0n) is 20.1. The molecule has 2 heterocycles. The number of halogens is 1. The van der Waals surface area contributed by atoms with E-state index in [4.69, 9.17) is 21.3 Å². The number of allylic oxidation sites excluding steroid dienone is 1. The third-order valence-electron chi connectivity index (χ3n) is 6.64. The summed E-state index contributed by atoms with van der Waals surface area (Å²) in [7, 11) is 0. The Balaban J connectivity index is 1.61. The second kappa shape index (κ2) is 9.23. The minimum absolute atomic E-state index is 0.0350. The van der Waals surface area contributed by atoms with E-state index >= 15 is 0 Å². The third-order valence-corrected chi connectivity index (χ3v) is 7.97. The normalized spacial score (nSPS) is 16.9. The van der Waals surface area contributed by atoms with Crippen molar-refractivity contribution in [3.63, 3.8) is 0 Å². The van der Waals surface area contributed by atoms with Crippen molar-refractivity contribution in [2.24, 2.45) is 4.99 Å². The van der Waals surface area contributed by atoms with Crippen LogP contribution in [0.2, 0.25) is 5.02 Å². The summed E-state index contributed by atoms with van der Waals surface area (Å²) in [5.74, 6) is 0.759. The minimum atomic E-state index is -0.289. The van der Waals surface area contributed by atoms with Crippen LogP contribution >= 0.6 is 22.9 Å². The van der Waals surface area contributed by atoms with Gasteiger partial charge in [0.2, 0.25) is 0 Å². The van der Waals surface area contributed by atoms with Gasteiger partial charge in [-0.25, -0.2) is 4.99 Å². The lowest BCUT2D eigenvalue weighted by Gasteiger charge is -2.31. The Morgan fingerprint density at radius 3 is 2.61 bits per heavy atom. The van der Waals surface area contributed by atoms with Crippen LogP contribution in [-0.4, -0.2) is 10.7 Å². The van der Waals surface area contributed by atoms with E-state index in [-0.39, 0.29) is 17.7 Å². The number of fused-ring (bicyclic) bond motifs is 3. The van der Waals surface area contributed by atoms with Gasteiger partial charge in [-0.15, -0.1) is 0 Å². The molecule has 4 nitrogen and oxygen atoms in total. The van der Waals surface area contributed by atoms with Crippen LogP contribution in [0.3, 0.4) is 0 Å². The average molecular weight is 513 g/mol. The van der Waals surface area contributed by atoms with Crippen molar-refractivity contribution in [3.05, 3.63) is 125 Å². The van der Waals surface area contributed by atoms with Gasteiger partial charge in [0, 0.05) is 16.1 Å². The lowest BCUT2D eigenvalue weighted by Crippen LogP contribution is -2.38. The first-order valence-electron chi connectivity index (χ1n) is 12.1. The molecule has 0 amide bonds. The van der Waals surface area contributed by atoms with E-state index in [2.05, 4.69) is 24.3 Å². The second-order valence-corrected chi connectivity index (χ2v) is 10.8. The Morgan fingerprint density at radius 2 is 1.78 bits per heavy atom. The molecule has 0 spiro atoms. The summed E-state index contributed by atoms with van der Waals surface area (Å²) in [6.45, 7) is 3.99. The van der Waals surface area contributed by atoms with Crippen molar-refractivity contribution >= 4 is 34.7 Å². The van der Waals surface area contributed by atoms with Gasteiger partial charge < -0.3 is 4.74 Å². The van der Waals surface area contributed by atoms with Crippen LogP contribution in [0.5, 0.6) is 5.75 Å². The molecule has 6 heteroatoms. The van der Waals surface area contributed by atoms with Crippen LogP contribution in [-0.2, 0) is 6.42 Å². The predicted octanol–water partition coefficient (Wildman–Crippen LogP) is 5.76. The molecule has 0 N–H and O–H groups in total. The summed E-state index contributed by atoms with van der Waals surface area (Å²) < 4.78 is 8.45. The topological polar surface area (TPSA) is 43.6 Å². The Morgan fingerprint density at radius 1 is 1.03 bits per heavy atom. The van der Waals surface area contributed by atoms with Gasteiger partial charge in [-0.2, -0.15) is 0 Å². The lowest BCUT2D eigenvalue weighted by molar-refractivity contribution is 0.242. The van der Waals surface area contributed by atoms with E-state index in [9.17, 15) is 4.79 Å². The molecule has 1 aromatic heterocycles. The first kappa shape index (κ1) is 23.0. The quantitative estimate of drug-likeness (QED) is 0.349. The number of aromatic nitrogens is 1. The Kier molecular flexibility index (Phi) is 5.90. The van der Waals surface area contributed by atoms with Gasteiger partial charge in [-0.3, -0.25) is 9.36 Å². The van der Waals surface area contributed by atoms with Crippen molar-refractivity contribution in [1.82, 2.24) is 4.57 Å². The van der Waals surface area contributed by atoms with E-state index < -0.39 is 0 Å². The van der Waals surface area contributed by atoms with Crippen molar-refractivity contribution in [2.45, 2.75) is 38.8 Å². The molecular formula is C30H25ClN2O2S. The van der Waals surface area contributed by atoms with Crippen molar-refractivity contribution in [1.29, 1.82) is 0 Å². The summed E-state index contributed by atoms with van der Waals surface area (Å²) in [6, 6.07) is 23.8. The standard InChI is InChI=1S/C30H25ClN2O2S/c1-18(2)35-25-14-8-4-10-20(25)17-26-29(34)33-28(22-12-6-7-13-24(22)31)23-16-15-19-9-3-5-11-21(19)27(23)32-30(33)36-26/h3-14,17-18,28H,15-16H2,1-2H3. The van der Waals surface area contributed by atoms with E-state index in [1.54, 1.807) is 0 Å². The Hall–Kier alpha value is -3.41. The molecule has 1 atom stereocenters. The van der Waals surface area contributed by atoms with Gasteiger partial charge >= 0.3 is 0 Å². The van der Waals surface area contributed by atoms with Gasteiger partial charge in [-0.1, -0.05) is 83.6 Å². The number of ether oxygens (including phenoxy) is 1. The molecule has 0 bridgehead atoms. The zero-order valence-corrected chi connectivity index (χ0v) is 21.6. The SMILES string of the molecule is CC(C)Oc1ccccc1C=c1sc2n(c1=O)C(c1ccccc1Cl)C1=C(N=2)c2ccccc2CC1. The summed E-state index contributed by atoms with van der Waals surface area (Å²) in [6.07, 6.45) is 3.70. The Labute approximate surface area is 218 Å². The van der Waals surface area contributed by atoms with Crippen LogP contribution < -0.4 is 19.6 Å². The van der Waals surface area contributed by atoms with E-state index in [1.165, 1.54) is 16.9 Å². The molecule has 0 fully saturated rings. The fraction of sp³-hybridized carbons (Fsp3) is 0.200. The van der Waals surface area contributed by atoms with Gasteiger partial charge in [0.25, 0.3) is 5.56 Å². The molecule has 2 aliphatic rings.